The van der Waals surface area contributed by atoms with Crippen LogP contribution in [0, 0.1) is 11.6 Å². The Hall–Kier alpha value is -3.26. The number of thioether (sulfide) groups is 1. The van der Waals surface area contributed by atoms with Gasteiger partial charge in [0, 0.05) is 33.4 Å². The number of carboxylic acid groups (broad SMARTS) is 1. The van der Waals surface area contributed by atoms with Crippen molar-refractivity contribution < 1.29 is 32.5 Å². The van der Waals surface area contributed by atoms with E-state index in [1.807, 2.05) is 0 Å². The molecule has 1 fully saturated rings. The van der Waals surface area contributed by atoms with Crippen LogP contribution in [0.2, 0.25) is 0 Å². The van der Waals surface area contributed by atoms with Crippen LogP contribution in [0.25, 0.3) is 17.2 Å². The Morgan fingerprint density at radius 2 is 1.85 bits per heavy atom. The van der Waals surface area contributed by atoms with Crippen LogP contribution in [0.1, 0.15) is 21.7 Å². The average molecular weight is 607 g/mol. The van der Waals surface area contributed by atoms with Crippen molar-refractivity contribution in [2.45, 2.75) is 12.5 Å². The number of benzene rings is 2. The van der Waals surface area contributed by atoms with Gasteiger partial charge in [-0.2, -0.15) is 0 Å². The van der Waals surface area contributed by atoms with Crippen molar-refractivity contribution >= 4 is 80.0 Å². The summed E-state index contributed by atoms with van der Waals surface area (Å²) in [6.45, 7) is 0. The van der Waals surface area contributed by atoms with Crippen LogP contribution in [0.5, 0.6) is 0 Å². The number of amides is 2. The fraction of sp³-hybridized carbons (Fsp3) is 0.154. The number of nitrogens with one attached hydrogen (secondary N) is 1. The monoisotopic (exact) mass is 606 g/mol. The normalized spacial score (nSPS) is 16.0. The summed E-state index contributed by atoms with van der Waals surface area (Å²) in [4.78, 5) is 39.9. The molecular formula is C26H20F2N2O5S4. The van der Waals surface area contributed by atoms with Crippen molar-refractivity contribution in [3.8, 4) is 11.1 Å². The number of rotatable bonds is 9. The Balaban J connectivity index is 1.55. The standard InChI is InChI=1S/C26H20F2N2O5S4/c1-39(35)9-8-21(23(31)29-17-5-2-14(3-6-17)25(33)34)30-24(32)22(38-26(30)36)12-18-10-16(13-37-18)15-4-7-19(27)20(28)11-15/h2-7,10-13,21H,8-9H2,1H3,(H,29,31)(H,33,34)/b22-12-/t21-,39?/m0/s1. The molecule has 2 amide bonds. The number of carbonyl (C=O) groups excluding carboxylic acids is 2. The molecule has 0 spiro atoms. The van der Waals surface area contributed by atoms with Crippen LogP contribution >= 0.6 is 35.3 Å². The molecule has 2 aromatic carbocycles. The SMILES string of the molecule is CS(=O)CC[C@@H](C(=O)Nc1ccc(C(=O)O)cc1)N1C(=O)/C(=C/c2cc(-c3ccc(F)c(F)c3)cs2)SC1=S. The molecule has 1 saturated heterocycles. The molecule has 1 aromatic heterocycles. The number of anilines is 1. The second-order valence-electron chi connectivity index (χ2n) is 8.37. The highest BCUT2D eigenvalue weighted by Gasteiger charge is 2.40. The highest BCUT2D eigenvalue weighted by Crippen LogP contribution is 2.37. The van der Waals surface area contributed by atoms with E-state index in [0.29, 0.717) is 21.7 Å². The van der Waals surface area contributed by atoms with Crippen LogP contribution in [0.3, 0.4) is 0 Å². The highest BCUT2D eigenvalue weighted by molar-refractivity contribution is 8.26. The molecule has 3 aromatic rings. The number of hydrogen-bond acceptors (Lipinski definition) is 7. The maximum Gasteiger partial charge on any atom is 0.335 e. The number of nitrogens with zero attached hydrogens (tertiary/aromatic N) is 1. The predicted octanol–water partition coefficient (Wildman–Crippen LogP) is 5.37. The summed E-state index contributed by atoms with van der Waals surface area (Å²) in [6, 6.07) is 9.82. The van der Waals surface area contributed by atoms with E-state index < -0.39 is 46.3 Å². The number of thiophene rings is 1. The Morgan fingerprint density at radius 3 is 2.49 bits per heavy atom. The summed E-state index contributed by atoms with van der Waals surface area (Å²) in [6.07, 6.45) is 3.19. The van der Waals surface area contributed by atoms with Gasteiger partial charge in [-0.3, -0.25) is 18.7 Å². The van der Waals surface area contributed by atoms with Gasteiger partial charge in [-0.05, 0) is 71.5 Å². The van der Waals surface area contributed by atoms with Crippen LogP contribution in [0.4, 0.5) is 14.5 Å². The van der Waals surface area contributed by atoms with Crippen molar-refractivity contribution in [1.82, 2.24) is 4.90 Å². The lowest BCUT2D eigenvalue weighted by Gasteiger charge is -2.25. The minimum atomic E-state index is -1.24. The number of thiocarbonyl (C=S) groups is 1. The molecule has 202 valence electrons. The van der Waals surface area contributed by atoms with Crippen molar-refractivity contribution in [3.63, 3.8) is 0 Å². The zero-order chi connectivity index (χ0) is 28.3. The van der Waals surface area contributed by atoms with Crippen LogP contribution in [0.15, 0.2) is 58.8 Å². The first-order valence-electron chi connectivity index (χ1n) is 11.3. The molecule has 13 heteroatoms. The van der Waals surface area contributed by atoms with Gasteiger partial charge in [0.15, 0.2) is 11.6 Å². The molecule has 1 unspecified atom stereocenters. The second kappa shape index (κ2) is 12.3. The Morgan fingerprint density at radius 1 is 1.13 bits per heavy atom. The van der Waals surface area contributed by atoms with Gasteiger partial charge in [-0.25, -0.2) is 13.6 Å². The van der Waals surface area contributed by atoms with Crippen LogP contribution < -0.4 is 5.32 Å². The summed E-state index contributed by atoms with van der Waals surface area (Å²) in [5.41, 5.74) is 1.52. The first kappa shape index (κ1) is 28.7. The molecule has 2 N–H and O–H groups in total. The Bertz CT molecular complexity index is 1520. The first-order valence-corrected chi connectivity index (χ1v) is 15.1. The Kier molecular flexibility index (Phi) is 9.05. The smallest absolute Gasteiger partial charge is 0.335 e. The molecule has 4 rings (SSSR count). The van der Waals surface area contributed by atoms with E-state index >= 15 is 0 Å². The van der Waals surface area contributed by atoms with E-state index in [4.69, 9.17) is 17.3 Å². The number of carbonyl (C=O) groups is 3. The second-order valence-corrected chi connectivity index (χ2v) is 12.5. The highest BCUT2D eigenvalue weighted by atomic mass is 32.2. The quantitative estimate of drug-likeness (QED) is 0.249. The van der Waals surface area contributed by atoms with E-state index in [0.717, 1.165) is 23.9 Å². The Labute approximate surface area is 238 Å². The summed E-state index contributed by atoms with van der Waals surface area (Å²) in [5.74, 6) is -3.91. The predicted molar refractivity (Wildman–Crippen MR) is 154 cm³/mol. The third kappa shape index (κ3) is 6.85. The van der Waals surface area contributed by atoms with Gasteiger partial charge in [0.25, 0.3) is 5.91 Å². The summed E-state index contributed by atoms with van der Waals surface area (Å²) in [7, 11) is -1.24. The molecular weight excluding hydrogens is 587 g/mol. The summed E-state index contributed by atoms with van der Waals surface area (Å²) in [5, 5.41) is 13.5. The fourth-order valence-electron chi connectivity index (χ4n) is 3.71. The molecule has 2 heterocycles. The minimum absolute atomic E-state index is 0.0503. The van der Waals surface area contributed by atoms with Gasteiger partial charge in [0.2, 0.25) is 5.91 Å². The van der Waals surface area contributed by atoms with Gasteiger partial charge < -0.3 is 10.4 Å². The van der Waals surface area contributed by atoms with Crippen LogP contribution in [-0.2, 0) is 20.4 Å². The van der Waals surface area contributed by atoms with Gasteiger partial charge in [-0.15, -0.1) is 11.3 Å². The number of aromatic carboxylic acids is 1. The molecule has 1 aliphatic rings. The summed E-state index contributed by atoms with van der Waals surface area (Å²) < 4.78 is 38.9. The minimum Gasteiger partial charge on any atom is -0.478 e. The van der Waals surface area contributed by atoms with E-state index in [2.05, 4.69) is 5.32 Å². The molecule has 1 aliphatic heterocycles. The van der Waals surface area contributed by atoms with Gasteiger partial charge >= 0.3 is 5.97 Å². The van der Waals surface area contributed by atoms with Crippen molar-refractivity contribution in [3.05, 3.63) is 80.9 Å². The molecule has 0 bridgehead atoms. The fourth-order valence-corrected chi connectivity index (χ4v) is 6.54. The first-order chi connectivity index (χ1) is 18.5. The number of carboxylic acids is 1. The van der Waals surface area contributed by atoms with E-state index in [-0.39, 0.29) is 27.0 Å². The van der Waals surface area contributed by atoms with E-state index in [9.17, 15) is 27.4 Å². The van der Waals surface area contributed by atoms with E-state index in [1.165, 1.54) is 52.8 Å². The van der Waals surface area contributed by atoms with Crippen LogP contribution in [-0.4, -0.2) is 54.4 Å². The number of halogens is 2. The largest absolute Gasteiger partial charge is 0.478 e. The van der Waals surface area contributed by atoms with Gasteiger partial charge in [0.1, 0.15) is 10.4 Å². The van der Waals surface area contributed by atoms with E-state index in [1.54, 1.807) is 17.5 Å². The summed E-state index contributed by atoms with van der Waals surface area (Å²) >= 11 is 7.76. The number of hydrogen-bond donors (Lipinski definition) is 2. The zero-order valence-corrected chi connectivity index (χ0v) is 23.4. The van der Waals surface area contributed by atoms with Crippen molar-refractivity contribution in [1.29, 1.82) is 0 Å². The molecule has 0 aliphatic carbocycles. The maximum absolute atomic E-state index is 13.7. The molecule has 2 atom stereocenters. The molecule has 7 nitrogen and oxygen atoms in total. The molecule has 0 saturated carbocycles. The molecule has 39 heavy (non-hydrogen) atoms. The van der Waals surface area contributed by atoms with Gasteiger partial charge in [-0.1, -0.05) is 30.0 Å². The van der Waals surface area contributed by atoms with Gasteiger partial charge in [0.05, 0.1) is 10.5 Å². The maximum atomic E-state index is 13.7. The third-order valence-electron chi connectivity index (χ3n) is 5.66. The average Bonchev–Trinajstić information content (AvgIpc) is 3.46. The zero-order valence-electron chi connectivity index (χ0n) is 20.2. The third-order valence-corrected chi connectivity index (χ3v) is 8.68. The van der Waals surface area contributed by atoms with Crippen molar-refractivity contribution in [2.75, 3.05) is 17.3 Å². The lowest BCUT2D eigenvalue weighted by Crippen LogP contribution is -2.47. The molecule has 0 radical (unpaired) electrons. The lowest BCUT2D eigenvalue weighted by atomic mass is 10.1. The topological polar surface area (TPSA) is 104 Å². The lowest BCUT2D eigenvalue weighted by molar-refractivity contribution is -0.130. The van der Waals surface area contributed by atoms with Crippen molar-refractivity contribution in [2.24, 2.45) is 0 Å².